The van der Waals surface area contributed by atoms with Gasteiger partial charge >= 0.3 is 5.97 Å². The highest BCUT2D eigenvalue weighted by Crippen LogP contribution is 2.26. The van der Waals surface area contributed by atoms with E-state index in [9.17, 15) is 24.6 Å². The molecule has 8 heteroatoms. The topological polar surface area (TPSA) is 116 Å². The number of carbonyl (C=O) groups excluding carboxylic acids is 3. The van der Waals surface area contributed by atoms with Gasteiger partial charge in [0, 0.05) is 19.9 Å². The molecule has 8 atom stereocenters. The summed E-state index contributed by atoms with van der Waals surface area (Å²) in [7, 11) is 1.60. The maximum absolute atomic E-state index is 13.7. The maximum atomic E-state index is 13.7. The van der Waals surface area contributed by atoms with Crippen LogP contribution < -0.4 is 5.32 Å². The normalized spacial score (nSPS) is 27.9. The number of nitrogens with one attached hydrogen (secondary N) is 1. The molecule has 2 rings (SSSR count). The second-order valence-corrected chi connectivity index (χ2v) is 11.2. The largest absolute Gasteiger partial charge is 0.460 e. The minimum atomic E-state index is -1.04. The first-order valence-corrected chi connectivity index (χ1v) is 14.1. The number of cyclic esters (lactones) is 1. The summed E-state index contributed by atoms with van der Waals surface area (Å²) in [6, 6.07) is 7.71. The van der Waals surface area contributed by atoms with Crippen molar-refractivity contribution in [2.75, 3.05) is 7.05 Å². The summed E-state index contributed by atoms with van der Waals surface area (Å²) in [5.74, 6) is -2.28. The van der Waals surface area contributed by atoms with Gasteiger partial charge in [-0.2, -0.15) is 0 Å². The zero-order chi connectivity index (χ0) is 28.4. The van der Waals surface area contributed by atoms with Crippen molar-refractivity contribution in [3.8, 4) is 0 Å². The predicted molar refractivity (Wildman–Crippen MR) is 147 cm³/mol. The molecule has 214 valence electrons. The van der Waals surface area contributed by atoms with Gasteiger partial charge in [-0.25, -0.2) is 4.79 Å². The summed E-state index contributed by atoms with van der Waals surface area (Å²) in [5, 5.41) is 23.4. The van der Waals surface area contributed by atoms with Gasteiger partial charge in [-0.1, -0.05) is 77.3 Å². The maximum Gasteiger partial charge on any atom is 0.329 e. The van der Waals surface area contributed by atoms with Gasteiger partial charge in [0.1, 0.15) is 18.2 Å². The number of rotatable bonds is 10. The second kappa shape index (κ2) is 15.2. The van der Waals surface area contributed by atoms with Crippen molar-refractivity contribution in [1.29, 1.82) is 0 Å². The highest BCUT2D eigenvalue weighted by atomic mass is 16.5. The lowest BCUT2D eigenvalue weighted by Crippen LogP contribution is -2.57. The summed E-state index contributed by atoms with van der Waals surface area (Å²) in [4.78, 5) is 42.0. The molecule has 2 amide bonds. The van der Waals surface area contributed by atoms with Crippen LogP contribution >= 0.6 is 0 Å². The lowest BCUT2D eigenvalue weighted by Gasteiger charge is -2.37. The number of carbonyl (C=O) groups is 3. The van der Waals surface area contributed by atoms with Gasteiger partial charge in [-0.15, -0.1) is 0 Å². The molecule has 1 aromatic carbocycles. The highest BCUT2D eigenvalue weighted by molar-refractivity contribution is 5.91. The predicted octanol–water partition coefficient (Wildman–Crippen LogP) is 3.48. The molecule has 3 N–H and O–H groups in total. The lowest BCUT2D eigenvalue weighted by atomic mass is 9.88. The number of esters is 1. The zero-order valence-electron chi connectivity index (χ0n) is 23.9. The number of hydrogen-bond acceptors (Lipinski definition) is 6. The standard InChI is InChI=1S/C30H48N2O6/c1-7-19(2)27-30(37)38-26(20(3)13-11-12-14-21(4)33)18-25(34)22(5)28(35)31-24(29(36)32(27)6)17-23-15-9-8-10-16-23/h8-10,15-16,19-22,24-27,33-34H,7,11-14,17-18H2,1-6H3,(H,31,35). The van der Waals surface area contributed by atoms with Crippen LogP contribution in [-0.4, -0.2) is 70.3 Å². The molecule has 1 aromatic rings. The van der Waals surface area contributed by atoms with E-state index in [1.807, 2.05) is 51.1 Å². The van der Waals surface area contributed by atoms with Crippen LogP contribution in [0.25, 0.3) is 0 Å². The Kier molecular flexibility index (Phi) is 12.7. The fraction of sp³-hybridized carbons (Fsp3) is 0.700. The number of amides is 2. The Morgan fingerprint density at radius 1 is 1.05 bits per heavy atom. The third-order valence-corrected chi connectivity index (χ3v) is 7.98. The fourth-order valence-corrected chi connectivity index (χ4v) is 5.06. The van der Waals surface area contributed by atoms with Crippen LogP contribution in [0, 0.1) is 17.8 Å². The molecule has 38 heavy (non-hydrogen) atoms. The summed E-state index contributed by atoms with van der Waals surface area (Å²) in [6.07, 6.45) is 2.20. The third-order valence-electron chi connectivity index (χ3n) is 7.98. The number of aliphatic hydroxyl groups is 2. The molecule has 1 fully saturated rings. The second-order valence-electron chi connectivity index (χ2n) is 11.2. The molecule has 0 saturated carbocycles. The van der Waals surface area contributed by atoms with E-state index in [0.717, 1.165) is 24.8 Å². The van der Waals surface area contributed by atoms with Gasteiger partial charge < -0.3 is 25.2 Å². The average Bonchev–Trinajstić information content (AvgIpc) is 2.88. The van der Waals surface area contributed by atoms with E-state index in [0.29, 0.717) is 12.8 Å². The molecule has 1 aliphatic heterocycles. The zero-order valence-corrected chi connectivity index (χ0v) is 23.9. The Morgan fingerprint density at radius 3 is 2.29 bits per heavy atom. The molecular formula is C30H48N2O6. The van der Waals surface area contributed by atoms with Gasteiger partial charge in [0.25, 0.3) is 0 Å². The van der Waals surface area contributed by atoms with Crippen LogP contribution in [0.5, 0.6) is 0 Å². The first-order valence-electron chi connectivity index (χ1n) is 14.1. The van der Waals surface area contributed by atoms with Crippen molar-refractivity contribution in [2.24, 2.45) is 17.8 Å². The van der Waals surface area contributed by atoms with E-state index in [-0.39, 0.29) is 36.7 Å². The van der Waals surface area contributed by atoms with Crippen molar-refractivity contribution in [1.82, 2.24) is 10.2 Å². The molecule has 8 nitrogen and oxygen atoms in total. The van der Waals surface area contributed by atoms with Crippen molar-refractivity contribution >= 4 is 17.8 Å². The Morgan fingerprint density at radius 2 is 1.68 bits per heavy atom. The molecule has 1 saturated heterocycles. The van der Waals surface area contributed by atoms with Crippen LogP contribution in [-0.2, 0) is 25.5 Å². The molecule has 0 aliphatic carbocycles. The number of hydrogen-bond donors (Lipinski definition) is 3. The molecule has 0 aromatic heterocycles. The SMILES string of the molecule is CCC(C)C1C(=O)OC(C(C)CCCCC(C)O)CC(O)C(C)C(=O)NC(Cc2ccccc2)C(=O)N1C. The Labute approximate surface area is 228 Å². The van der Waals surface area contributed by atoms with Crippen molar-refractivity contribution in [3.05, 3.63) is 35.9 Å². The van der Waals surface area contributed by atoms with Crippen molar-refractivity contribution < 1.29 is 29.3 Å². The average molecular weight is 533 g/mol. The van der Waals surface area contributed by atoms with Crippen LogP contribution in [0.3, 0.4) is 0 Å². The summed E-state index contributed by atoms with van der Waals surface area (Å²) >= 11 is 0. The first-order chi connectivity index (χ1) is 18.0. The highest BCUT2D eigenvalue weighted by Gasteiger charge is 2.40. The molecule has 0 radical (unpaired) electrons. The number of aliphatic hydroxyl groups excluding tert-OH is 2. The minimum Gasteiger partial charge on any atom is -0.460 e. The molecule has 1 aliphatic rings. The number of nitrogens with zero attached hydrogens (tertiary/aromatic N) is 1. The van der Waals surface area contributed by atoms with Gasteiger partial charge in [-0.3, -0.25) is 9.59 Å². The summed E-state index contributed by atoms with van der Waals surface area (Å²) in [5.41, 5.74) is 0.881. The van der Waals surface area contributed by atoms with Crippen LogP contribution in [0.2, 0.25) is 0 Å². The van der Waals surface area contributed by atoms with Gasteiger partial charge in [0.15, 0.2) is 0 Å². The molecule has 8 unspecified atom stereocenters. The Bertz CT molecular complexity index is 892. The first kappa shape index (κ1) is 31.8. The van der Waals surface area contributed by atoms with Crippen molar-refractivity contribution in [3.63, 3.8) is 0 Å². The van der Waals surface area contributed by atoms with Gasteiger partial charge in [0.2, 0.25) is 11.8 Å². The van der Waals surface area contributed by atoms with E-state index in [4.69, 9.17) is 4.74 Å². The van der Waals surface area contributed by atoms with Crippen LogP contribution in [0.1, 0.15) is 78.7 Å². The molecule has 1 heterocycles. The van der Waals surface area contributed by atoms with E-state index < -0.39 is 42.1 Å². The molecule has 0 spiro atoms. The summed E-state index contributed by atoms with van der Waals surface area (Å²) < 4.78 is 6.05. The van der Waals surface area contributed by atoms with E-state index in [1.165, 1.54) is 4.90 Å². The van der Waals surface area contributed by atoms with E-state index in [2.05, 4.69) is 5.32 Å². The monoisotopic (exact) mass is 532 g/mol. The smallest absolute Gasteiger partial charge is 0.329 e. The minimum absolute atomic E-state index is 0.0646. The van der Waals surface area contributed by atoms with Crippen LogP contribution in [0.4, 0.5) is 0 Å². The number of likely N-dealkylation sites (N-methyl/N-ethyl adjacent to an activating group) is 1. The molecular weight excluding hydrogens is 484 g/mol. The van der Waals surface area contributed by atoms with Crippen LogP contribution in [0.15, 0.2) is 30.3 Å². The Hall–Kier alpha value is -2.45. The number of ether oxygens (including phenoxy) is 1. The quantitative estimate of drug-likeness (QED) is 0.314. The summed E-state index contributed by atoms with van der Waals surface area (Å²) in [6.45, 7) is 9.25. The molecule has 0 bridgehead atoms. The number of unbranched alkanes of at least 4 members (excludes halogenated alkanes) is 1. The third kappa shape index (κ3) is 9.09. The fourth-order valence-electron chi connectivity index (χ4n) is 5.06. The number of benzene rings is 1. The van der Waals surface area contributed by atoms with E-state index >= 15 is 0 Å². The van der Waals surface area contributed by atoms with Crippen molar-refractivity contribution in [2.45, 2.75) is 110 Å². The lowest BCUT2D eigenvalue weighted by molar-refractivity contribution is -0.166. The van der Waals surface area contributed by atoms with Gasteiger partial charge in [0.05, 0.1) is 18.1 Å². The van der Waals surface area contributed by atoms with E-state index in [1.54, 1.807) is 20.9 Å². The van der Waals surface area contributed by atoms with Gasteiger partial charge in [-0.05, 0) is 37.2 Å². The Balaban J connectivity index is 2.36.